The third-order valence-electron chi connectivity index (χ3n) is 14.7. The average molecular weight is 916 g/mol. The average Bonchev–Trinajstić information content (AvgIpc) is 3.78. The second kappa shape index (κ2) is 18.2. The molecule has 0 saturated carbocycles. The predicted octanol–water partition coefficient (Wildman–Crippen LogP) is 19.0. The van der Waals surface area contributed by atoms with Gasteiger partial charge in [-0.2, -0.15) is 0 Å². The lowest BCUT2D eigenvalue weighted by Crippen LogP contribution is -2.28. The maximum Gasteiger partial charge on any atom is 0.0713 e. The van der Waals surface area contributed by atoms with Gasteiger partial charge >= 0.3 is 0 Å². The highest BCUT2D eigenvalue weighted by Crippen LogP contribution is 2.58. The van der Waals surface area contributed by atoms with Gasteiger partial charge < -0.3 is 4.90 Å². The van der Waals surface area contributed by atoms with E-state index in [9.17, 15) is 0 Å². The minimum atomic E-state index is -0.459. The second-order valence-electron chi connectivity index (χ2n) is 18.8. The highest BCUT2D eigenvalue weighted by atomic mass is 15.1. The molecule has 12 aromatic rings. The van der Waals surface area contributed by atoms with E-state index >= 15 is 0 Å². The van der Waals surface area contributed by atoms with Crippen LogP contribution in [0.5, 0.6) is 0 Å². The van der Waals surface area contributed by atoms with Crippen molar-refractivity contribution in [3.63, 3.8) is 0 Å². The van der Waals surface area contributed by atoms with Crippen molar-refractivity contribution in [2.75, 3.05) is 4.90 Å². The highest BCUT2D eigenvalue weighted by molar-refractivity contribution is 5.96. The summed E-state index contributed by atoms with van der Waals surface area (Å²) in [6.45, 7) is 0. The number of para-hydroxylation sites is 1. The molecule has 1 aliphatic carbocycles. The molecule has 0 saturated heterocycles. The summed E-state index contributed by atoms with van der Waals surface area (Å²) in [6.07, 6.45) is 0. The fourth-order valence-corrected chi connectivity index (χ4v) is 11.4. The standard InChI is InChI=1S/C71H49N/c1-4-20-52(21-5-1)64-31-13-15-36-69(64)72(62-43-39-51(40-44-62)55-23-16-24-56(47-55)57-25-17-26-58(49-57)59-38-37-50-19-10-11-22-54(50)48-59)63-45-41-53(42-46-63)65-33-18-35-68-70(65)66-32-12-14-34-67(66)71(68,60-27-6-2-7-28-60)61-29-8-3-9-30-61/h1-49H. The van der Waals surface area contributed by atoms with E-state index in [2.05, 4.69) is 302 Å². The Morgan fingerprint density at radius 1 is 0.236 bits per heavy atom. The third-order valence-corrected chi connectivity index (χ3v) is 14.7. The molecule has 1 heteroatoms. The molecule has 0 aliphatic heterocycles. The molecule has 0 amide bonds. The van der Waals surface area contributed by atoms with Crippen LogP contribution in [0.4, 0.5) is 17.1 Å². The fourth-order valence-electron chi connectivity index (χ4n) is 11.4. The molecular formula is C71H49N. The van der Waals surface area contributed by atoms with Crippen LogP contribution >= 0.6 is 0 Å². The summed E-state index contributed by atoms with van der Waals surface area (Å²) in [4.78, 5) is 2.41. The number of fused-ring (bicyclic) bond motifs is 4. The van der Waals surface area contributed by atoms with Crippen LogP contribution in [0.15, 0.2) is 297 Å². The number of rotatable bonds is 10. The van der Waals surface area contributed by atoms with Gasteiger partial charge in [0.05, 0.1) is 11.1 Å². The normalized spacial score (nSPS) is 12.3. The first kappa shape index (κ1) is 42.8. The van der Waals surface area contributed by atoms with Crippen molar-refractivity contribution in [1.29, 1.82) is 0 Å². The van der Waals surface area contributed by atoms with E-state index in [0.29, 0.717) is 0 Å². The van der Waals surface area contributed by atoms with Gasteiger partial charge in [-0.3, -0.25) is 0 Å². The summed E-state index contributed by atoms with van der Waals surface area (Å²) in [6, 6.07) is 109. The Kier molecular flexibility index (Phi) is 10.8. The first-order chi connectivity index (χ1) is 35.7. The molecule has 0 N–H and O–H groups in total. The molecule has 12 aromatic carbocycles. The summed E-state index contributed by atoms with van der Waals surface area (Å²) in [5.41, 5.74) is 22.4. The molecule has 0 spiro atoms. The molecule has 13 rings (SSSR count). The summed E-state index contributed by atoms with van der Waals surface area (Å²) in [5, 5.41) is 2.51. The lowest BCUT2D eigenvalue weighted by Gasteiger charge is -2.34. The Morgan fingerprint density at radius 3 is 1.29 bits per heavy atom. The number of hydrogen-bond donors (Lipinski definition) is 0. The lowest BCUT2D eigenvalue weighted by atomic mass is 9.67. The molecule has 0 unspecified atom stereocenters. The van der Waals surface area contributed by atoms with Gasteiger partial charge in [0.2, 0.25) is 0 Å². The molecule has 0 bridgehead atoms. The van der Waals surface area contributed by atoms with Crippen LogP contribution in [-0.4, -0.2) is 0 Å². The Labute approximate surface area is 422 Å². The van der Waals surface area contributed by atoms with Crippen molar-refractivity contribution in [3.05, 3.63) is 320 Å². The zero-order valence-corrected chi connectivity index (χ0v) is 39.7. The molecule has 0 heterocycles. The van der Waals surface area contributed by atoms with Crippen molar-refractivity contribution >= 4 is 27.8 Å². The van der Waals surface area contributed by atoms with Gasteiger partial charge in [0.25, 0.3) is 0 Å². The summed E-state index contributed by atoms with van der Waals surface area (Å²) < 4.78 is 0. The smallest absolute Gasteiger partial charge is 0.0713 e. The van der Waals surface area contributed by atoms with Crippen LogP contribution in [-0.2, 0) is 5.41 Å². The summed E-state index contributed by atoms with van der Waals surface area (Å²) in [7, 11) is 0. The van der Waals surface area contributed by atoms with Crippen molar-refractivity contribution < 1.29 is 0 Å². The van der Waals surface area contributed by atoms with E-state index in [-0.39, 0.29) is 0 Å². The molecule has 0 radical (unpaired) electrons. The molecular weight excluding hydrogens is 867 g/mol. The van der Waals surface area contributed by atoms with Crippen LogP contribution in [0.1, 0.15) is 22.3 Å². The largest absolute Gasteiger partial charge is 0.310 e. The molecule has 338 valence electrons. The number of anilines is 3. The van der Waals surface area contributed by atoms with Crippen molar-refractivity contribution in [2.24, 2.45) is 0 Å². The van der Waals surface area contributed by atoms with Crippen LogP contribution in [0.2, 0.25) is 0 Å². The molecule has 0 atom stereocenters. The fraction of sp³-hybridized carbons (Fsp3) is 0.0141. The SMILES string of the molecule is c1ccc(-c2ccccc2N(c2ccc(-c3cccc(-c4cccc(-c5ccc6ccccc6c5)c4)c3)cc2)c2ccc(-c3cccc4c3-c3ccccc3C4(c3ccccc3)c3ccccc3)cc2)cc1. The number of hydrogen-bond acceptors (Lipinski definition) is 1. The summed E-state index contributed by atoms with van der Waals surface area (Å²) >= 11 is 0. The van der Waals surface area contributed by atoms with Gasteiger partial charge in [0.15, 0.2) is 0 Å². The lowest BCUT2D eigenvalue weighted by molar-refractivity contribution is 0.768. The second-order valence-corrected chi connectivity index (χ2v) is 18.8. The first-order valence-electron chi connectivity index (χ1n) is 24.9. The molecule has 0 fully saturated rings. The number of nitrogens with zero attached hydrogens (tertiary/aromatic N) is 1. The van der Waals surface area contributed by atoms with E-state index in [1.54, 1.807) is 0 Å². The van der Waals surface area contributed by atoms with E-state index in [0.717, 1.165) is 17.1 Å². The van der Waals surface area contributed by atoms with Crippen LogP contribution in [0, 0.1) is 0 Å². The van der Waals surface area contributed by atoms with Crippen molar-refractivity contribution in [1.82, 2.24) is 0 Å². The number of benzene rings is 12. The van der Waals surface area contributed by atoms with Crippen LogP contribution in [0.3, 0.4) is 0 Å². The van der Waals surface area contributed by atoms with E-state index in [4.69, 9.17) is 0 Å². The van der Waals surface area contributed by atoms with Gasteiger partial charge in [0, 0.05) is 16.9 Å². The Hall–Kier alpha value is -9.30. The molecule has 72 heavy (non-hydrogen) atoms. The summed E-state index contributed by atoms with van der Waals surface area (Å²) in [5.74, 6) is 0. The monoisotopic (exact) mass is 915 g/mol. The predicted molar refractivity (Wildman–Crippen MR) is 303 cm³/mol. The Morgan fingerprint density at radius 2 is 0.653 bits per heavy atom. The van der Waals surface area contributed by atoms with E-state index < -0.39 is 5.41 Å². The minimum Gasteiger partial charge on any atom is -0.310 e. The zero-order chi connectivity index (χ0) is 47.8. The molecule has 0 aromatic heterocycles. The maximum atomic E-state index is 2.41. The Bertz CT molecular complexity index is 3850. The van der Waals surface area contributed by atoms with Gasteiger partial charge in [-0.25, -0.2) is 0 Å². The zero-order valence-electron chi connectivity index (χ0n) is 39.7. The van der Waals surface area contributed by atoms with Gasteiger partial charge in [-0.1, -0.05) is 249 Å². The van der Waals surface area contributed by atoms with Crippen LogP contribution < -0.4 is 4.90 Å². The topological polar surface area (TPSA) is 3.24 Å². The molecule has 1 nitrogen and oxygen atoms in total. The van der Waals surface area contributed by atoms with Gasteiger partial charge in [0.1, 0.15) is 0 Å². The van der Waals surface area contributed by atoms with Gasteiger partial charge in [-0.05, 0) is 143 Å². The van der Waals surface area contributed by atoms with Crippen molar-refractivity contribution in [3.8, 4) is 66.8 Å². The Balaban J connectivity index is 0.884. The first-order valence-corrected chi connectivity index (χ1v) is 24.9. The van der Waals surface area contributed by atoms with Crippen LogP contribution in [0.25, 0.3) is 77.5 Å². The van der Waals surface area contributed by atoms with E-state index in [1.807, 2.05) is 0 Å². The molecule has 1 aliphatic rings. The van der Waals surface area contributed by atoms with Crippen molar-refractivity contribution in [2.45, 2.75) is 5.41 Å². The highest BCUT2D eigenvalue weighted by Gasteiger charge is 2.46. The maximum absolute atomic E-state index is 2.41. The van der Waals surface area contributed by atoms with Gasteiger partial charge in [-0.15, -0.1) is 0 Å². The quantitative estimate of drug-likeness (QED) is 0.132. The van der Waals surface area contributed by atoms with E-state index in [1.165, 1.54) is 99.8 Å². The minimum absolute atomic E-state index is 0.459. The third kappa shape index (κ3) is 7.42.